The Morgan fingerprint density at radius 3 is 1.45 bits per heavy atom. The smallest absolute Gasteiger partial charge is 0.453 e. The monoisotopic (exact) mass is 784 g/mol. The van der Waals surface area contributed by atoms with Crippen molar-refractivity contribution in [3.8, 4) is 34.1 Å². The Morgan fingerprint density at radius 2 is 0.964 bits per heavy atom. The molecule has 1 heterocycles. The van der Waals surface area contributed by atoms with Crippen LogP contribution in [0.4, 0.5) is 0 Å². The van der Waals surface area contributed by atoms with Crippen LogP contribution in [0.15, 0.2) is 142 Å². The molecule has 6 aromatic carbocycles. The molecule has 0 saturated carbocycles. The summed E-state index contributed by atoms with van der Waals surface area (Å²) in [5.74, 6) is 2.87. The second kappa shape index (κ2) is 16.5. The number of benzene rings is 6. The number of rotatable bonds is 11. The third kappa shape index (κ3) is 9.10. The van der Waals surface area contributed by atoms with Gasteiger partial charge in [-0.1, -0.05) is 126 Å². The lowest BCUT2D eigenvalue weighted by Gasteiger charge is -2.21. The third-order valence-electron chi connectivity index (χ3n) is 9.37. The summed E-state index contributed by atoms with van der Waals surface area (Å²) in [7, 11) is -3.29. The molecule has 7 aromatic rings. The molecule has 0 aliphatic rings. The fourth-order valence-corrected chi connectivity index (χ4v) is 8.96. The maximum absolute atomic E-state index is 6.94. The van der Waals surface area contributed by atoms with Crippen molar-refractivity contribution >= 4 is 38.6 Å². The molecule has 0 aliphatic heterocycles. The van der Waals surface area contributed by atoms with Crippen molar-refractivity contribution in [2.75, 3.05) is 12.8 Å². The predicted octanol–water partition coefficient (Wildman–Crippen LogP) is 14.9. The molecular weight excluding hydrogens is 734 g/mol. The van der Waals surface area contributed by atoms with E-state index in [1.165, 1.54) is 11.1 Å². The molecule has 56 heavy (non-hydrogen) atoms. The van der Waals surface area contributed by atoms with Crippen LogP contribution < -0.4 is 18.3 Å². The van der Waals surface area contributed by atoms with Gasteiger partial charge in [0.2, 0.25) is 0 Å². The number of para-hydroxylation sites is 4. The largest absolute Gasteiger partial charge is 0.492 e. The molecule has 1 aromatic heterocycles. The molecule has 0 spiro atoms. The highest BCUT2D eigenvalue weighted by molar-refractivity contribution is 7.48. The molecule has 0 bridgehead atoms. The number of ether oxygens (including phenoxy) is 1. The van der Waals surface area contributed by atoms with Crippen molar-refractivity contribution in [1.82, 2.24) is 0 Å². The Balaban J connectivity index is 1.26. The fourth-order valence-electron chi connectivity index (χ4n) is 6.66. The van der Waals surface area contributed by atoms with E-state index in [0.29, 0.717) is 18.5 Å². The molecule has 0 fully saturated rings. The Labute approximate surface area is 333 Å². The first kappa shape index (κ1) is 39.1. The molecule has 8 heteroatoms. The van der Waals surface area contributed by atoms with Gasteiger partial charge in [-0.2, -0.15) is 0 Å². The molecule has 0 radical (unpaired) electrons. The molecule has 0 atom stereocenters. The third-order valence-corrected chi connectivity index (χ3v) is 11.8. The highest BCUT2D eigenvalue weighted by Crippen LogP contribution is 2.47. The van der Waals surface area contributed by atoms with Gasteiger partial charge in [0.15, 0.2) is 0 Å². The zero-order chi connectivity index (χ0) is 39.5. The van der Waals surface area contributed by atoms with Gasteiger partial charge < -0.3 is 26.7 Å². The molecule has 288 valence electrons. The Bertz CT molecular complexity index is 2360. The number of hydrogen-bond donors (Lipinski definition) is 0. The molecule has 0 saturated heterocycles. The zero-order valence-electron chi connectivity index (χ0n) is 33.5. The second-order valence-electron chi connectivity index (χ2n) is 16.1. The number of hydrogen-bond acceptors (Lipinski definition) is 6. The van der Waals surface area contributed by atoms with Gasteiger partial charge in [0.1, 0.15) is 34.2 Å². The highest BCUT2D eigenvalue weighted by atomic mass is 31.2. The molecule has 0 unspecified atom stereocenters. The van der Waals surface area contributed by atoms with E-state index in [9.17, 15) is 0 Å². The fraction of sp³-hybridized carbons (Fsp3) is 0.250. The molecule has 0 N–H and O–H groups in total. The van der Waals surface area contributed by atoms with Crippen molar-refractivity contribution in [1.29, 1.82) is 0 Å². The van der Waals surface area contributed by atoms with Gasteiger partial charge in [0, 0.05) is 33.0 Å². The minimum atomic E-state index is -1.95. The van der Waals surface area contributed by atoms with E-state index >= 15 is 0 Å². The molecule has 7 rings (SSSR count). The highest BCUT2D eigenvalue weighted by Gasteiger charge is 2.26. The summed E-state index contributed by atoms with van der Waals surface area (Å²) >= 11 is 0. The topological polar surface area (TPSA) is 63.2 Å². The average molecular weight is 785 g/mol. The zero-order valence-corrected chi connectivity index (χ0v) is 35.2. The quantitative estimate of drug-likeness (QED) is 0.122. The Hall–Kier alpha value is -5.15. The van der Waals surface area contributed by atoms with Crippen molar-refractivity contribution < 1.29 is 26.7 Å². The van der Waals surface area contributed by atoms with Crippen LogP contribution in [-0.2, 0) is 10.8 Å². The van der Waals surface area contributed by atoms with Crippen molar-refractivity contribution in [3.05, 3.63) is 156 Å². The summed E-state index contributed by atoms with van der Waals surface area (Å²) in [6.07, 6.45) is 0.544. The first-order valence-electron chi connectivity index (χ1n) is 19.0. The lowest BCUT2D eigenvalue weighted by atomic mass is 9.83. The van der Waals surface area contributed by atoms with Gasteiger partial charge in [-0.25, -0.2) is 0 Å². The Morgan fingerprint density at radius 1 is 0.536 bits per heavy atom. The van der Waals surface area contributed by atoms with E-state index < -0.39 is 16.6 Å². The summed E-state index contributed by atoms with van der Waals surface area (Å²) in [5, 5.41) is 2.04. The minimum Gasteiger partial charge on any atom is -0.492 e. The maximum atomic E-state index is 6.94. The van der Waals surface area contributed by atoms with Gasteiger partial charge in [0.25, 0.3) is 8.38 Å². The van der Waals surface area contributed by atoms with Gasteiger partial charge in [-0.05, 0) is 84.3 Å². The van der Waals surface area contributed by atoms with Gasteiger partial charge in [-0.3, -0.25) is 0 Å². The van der Waals surface area contributed by atoms with Crippen LogP contribution in [0, 0.1) is 13.8 Å². The van der Waals surface area contributed by atoms with Crippen LogP contribution in [-0.4, -0.2) is 12.8 Å². The second-order valence-corrected chi connectivity index (χ2v) is 18.6. The average Bonchev–Trinajstić information content (AvgIpc) is 3.31. The van der Waals surface area contributed by atoms with E-state index in [2.05, 4.69) is 85.7 Å². The van der Waals surface area contributed by atoms with E-state index in [-0.39, 0.29) is 10.8 Å². The van der Waals surface area contributed by atoms with Gasteiger partial charge >= 0.3 is 8.24 Å². The number of fused-ring (bicyclic) bond motifs is 3. The summed E-state index contributed by atoms with van der Waals surface area (Å²) < 4.78 is 39.9. The summed E-state index contributed by atoms with van der Waals surface area (Å²) in [6, 6.07) is 44.4. The van der Waals surface area contributed by atoms with Gasteiger partial charge in [0.05, 0.1) is 12.8 Å². The molecule has 0 amide bonds. The van der Waals surface area contributed by atoms with Crippen LogP contribution in [0.3, 0.4) is 0 Å². The lowest BCUT2D eigenvalue weighted by molar-refractivity contribution is 0.337. The standard InChI is InChI=1S/C48H50O6P2/c1-33-29-39-40-30-34(2)32-42(48(6,7)8)46(40)54-56(53-45(39)41(31-33)47(3,4)5)52-44-26-18-16-24-38(44)37-23-15-17-25-43(37)49-27-28-55(50-35-19-11-9-12-20-35)51-36-21-13-10-14-22-36/h9-26,29-32H,27-28H2,1-8H3. The minimum absolute atomic E-state index is 0.189. The normalized spacial score (nSPS) is 11.9. The van der Waals surface area contributed by atoms with Crippen LogP contribution in [0.2, 0.25) is 0 Å². The Kier molecular flexibility index (Phi) is 11.5. The van der Waals surface area contributed by atoms with Crippen LogP contribution in [0.1, 0.15) is 63.8 Å². The maximum Gasteiger partial charge on any atom is 0.453 e. The summed E-state index contributed by atoms with van der Waals surface area (Å²) in [6.45, 7) is 18.0. The van der Waals surface area contributed by atoms with E-state index in [1.807, 2.05) is 103 Å². The molecular formula is C48H50O6P2. The molecule has 6 nitrogen and oxygen atoms in total. The van der Waals surface area contributed by atoms with E-state index in [1.54, 1.807) is 0 Å². The van der Waals surface area contributed by atoms with Crippen LogP contribution in [0.25, 0.3) is 33.1 Å². The van der Waals surface area contributed by atoms with Gasteiger partial charge in [-0.15, -0.1) is 0 Å². The predicted molar refractivity (Wildman–Crippen MR) is 233 cm³/mol. The first-order valence-corrected chi connectivity index (χ1v) is 21.5. The van der Waals surface area contributed by atoms with E-state index in [4.69, 9.17) is 26.7 Å². The van der Waals surface area contributed by atoms with Crippen molar-refractivity contribution in [2.45, 2.75) is 66.2 Å². The number of aryl methyl sites for hydroxylation is 2. The SMILES string of the molecule is Cc1cc(C(C)(C)C)c2op(Oc3ccccc3-c3ccccc3OCCP(Oc3ccccc3)Oc3ccccc3)oc3c(C(C)(C)C)cc(C)cc3c2c1. The van der Waals surface area contributed by atoms with Crippen molar-refractivity contribution in [3.63, 3.8) is 0 Å². The lowest BCUT2D eigenvalue weighted by Crippen LogP contribution is -2.12. The van der Waals surface area contributed by atoms with Crippen LogP contribution in [0.5, 0.6) is 23.0 Å². The first-order chi connectivity index (χ1) is 26.8. The van der Waals surface area contributed by atoms with E-state index in [0.717, 1.165) is 61.4 Å². The van der Waals surface area contributed by atoms with Crippen LogP contribution >= 0.6 is 16.6 Å². The van der Waals surface area contributed by atoms with Crippen molar-refractivity contribution in [2.24, 2.45) is 0 Å². The molecule has 0 aliphatic carbocycles. The summed E-state index contributed by atoms with van der Waals surface area (Å²) in [4.78, 5) is 0. The summed E-state index contributed by atoms with van der Waals surface area (Å²) in [5.41, 5.74) is 7.53.